The van der Waals surface area contributed by atoms with Crippen molar-refractivity contribution in [3.8, 4) is 6.07 Å². The van der Waals surface area contributed by atoms with Gasteiger partial charge in [-0.15, -0.1) is 10.2 Å². The highest BCUT2D eigenvalue weighted by molar-refractivity contribution is 7.98. The van der Waals surface area contributed by atoms with Crippen LogP contribution in [0, 0.1) is 11.3 Å². The van der Waals surface area contributed by atoms with E-state index in [1.54, 1.807) is 11.8 Å². The Bertz CT molecular complexity index is 1360. The Balaban J connectivity index is 1.65. The molecule has 0 fully saturated rings. The number of nitrogens with zero attached hydrogens (tertiary/aromatic N) is 4. The van der Waals surface area contributed by atoms with E-state index in [0.717, 1.165) is 28.0 Å². The van der Waals surface area contributed by atoms with E-state index in [1.165, 1.54) is 0 Å². The molecule has 166 valence electrons. The number of para-hydroxylation sites is 1. The van der Waals surface area contributed by atoms with Crippen molar-refractivity contribution in [2.45, 2.75) is 43.4 Å². The third-order valence-electron chi connectivity index (χ3n) is 5.67. The predicted octanol–water partition coefficient (Wildman–Crippen LogP) is 6.14. The molecule has 4 aromatic rings. The van der Waals surface area contributed by atoms with Gasteiger partial charge in [-0.05, 0) is 49.2 Å². The van der Waals surface area contributed by atoms with Crippen molar-refractivity contribution >= 4 is 40.5 Å². The number of aromatic nitrogens is 3. The monoisotopic (exact) mass is 475 g/mol. The van der Waals surface area contributed by atoms with Crippen molar-refractivity contribution in [3.05, 3.63) is 81.9 Å². The van der Waals surface area contributed by atoms with Gasteiger partial charge in [0.15, 0.2) is 10.8 Å². The van der Waals surface area contributed by atoms with Crippen LogP contribution in [0.5, 0.6) is 0 Å². The van der Waals surface area contributed by atoms with Gasteiger partial charge in [-0.1, -0.05) is 53.7 Å². The smallest absolute Gasteiger partial charge is 0.197 e. The highest BCUT2D eigenvalue weighted by Gasteiger charge is 2.33. The van der Waals surface area contributed by atoms with E-state index in [4.69, 9.17) is 16.3 Å². The van der Waals surface area contributed by atoms with Gasteiger partial charge in [0.2, 0.25) is 0 Å². The van der Waals surface area contributed by atoms with Crippen LogP contribution in [0.3, 0.4) is 0 Å². The number of pyridine rings is 1. The van der Waals surface area contributed by atoms with Crippen LogP contribution in [0.1, 0.15) is 36.1 Å². The number of hydrogen-bond acceptors (Lipinski definition) is 6. The molecule has 0 saturated carbocycles. The van der Waals surface area contributed by atoms with Crippen molar-refractivity contribution in [1.82, 2.24) is 14.6 Å². The second-order valence-corrected chi connectivity index (χ2v) is 9.94. The quantitative estimate of drug-likeness (QED) is 0.349. The zero-order valence-electron chi connectivity index (χ0n) is 18.3. The van der Waals surface area contributed by atoms with Crippen molar-refractivity contribution in [2.75, 3.05) is 5.32 Å². The number of rotatable bonds is 5. The molecule has 1 N–H and O–H groups in total. The Morgan fingerprint density at radius 2 is 1.88 bits per heavy atom. The summed E-state index contributed by atoms with van der Waals surface area (Å²) in [7, 11) is 0. The van der Waals surface area contributed by atoms with E-state index in [-0.39, 0.29) is 5.60 Å². The van der Waals surface area contributed by atoms with Crippen LogP contribution in [-0.4, -0.2) is 20.2 Å². The summed E-state index contributed by atoms with van der Waals surface area (Å²) in [5.74, 6) is 1.38. The normalized spacial score (nSPS) is 14.6. The molecule has 0 radical (unpaired) electrons. The van der Waals surface area contributed by atoms with E-state index in [9.17, 15) is 5.26 Å². The lowest BCUT2D eigenvalue weighted by Crippen LogP contribution is -2.33. The van der Waals surface area contributed by atoms with E-state index < -0.39 is 0 Å². The predicted molar refractivity (Wildman–Crippen MR) is 131 cm³/mol. The van der Waals surface area contributed by atoms with Gasteiger partial charge in [-0.25, -0.2) is 0 Å². The molecule has 0 unspecified atom stereocenters. The Morgan fingerprint density at radius 3 is 2.61 bits per heavy atom. The topological polar surface area (TPSA) is 75.2 Å². The van der Waals surface area contributed by atoms with Crippen molar-refractivity contribution in [2.24, 2.45) is 0 Å². The maximum atomic E-state index is 10.2. The lowest BCUT2D eigenvalue weighted by Gasteiger charge is -2.33. The summed E-state index contributed by atoms with van der Waals surface area (Å²) in [5.41, 5.74) is 4.89. The van der Waals surface area contributed by atoms with Crippen molar-refractivity contribution in [1.29, 1.82) is 5.26 Å². The number of nitrogens with one attached hydrogen (secondary N) is 1. The summed E-state index contributed by atoms with van der Waals surface area (Å²) in [6.45, 7) is 4.48. The molecule has 33 heavy (non-hydrogen) atoms. The first kappa shape index (κ1) is 21.8. The molecule has 0 bridgehead atoms. The van der Waals surface area contributed by atoms with Crippen molar-refractivity contribution in [3.63, 3.8) is 0 Å². The minimum atomic E-state index is -0.354. The van der Waals surface area contributed by atoms with E-state index >= 15 is 0 Å². The number of thioether (sulfide) groups is 1. The zero-order valence-corrected chi connectivity index (χ0v) is 19.9. The van der Waals surface area contributed by atoms with Crippen LogP contribution in [0.25, 0.3) is 5.65 Å². The Morgan fingerprint density at radius 1 is 1.12 bits per heavy atom. The average molecular weight is 476 g/mol. The molecular formula is C25H22ClN5OS. The lowest BCUT2D eigenvalue weighted by atomic mass is 9.89. The average Bonchev–Trinajstić information content (AvgIpc) is 3.23. The second-order valence-electron chi connectivity index (χ2n) is 8.57. The maximum Gasteiger partial charge on any atom is 0.197 e. The zero-order chi connectivity index (χ0) is 23.0. The van der Waals surface area contributed by atoms with Gasteiger partial charge in [0.05, 0.1) is 17.8 Å². The molecular weight excluding hydrogens is 454 g/mol. The van der Waals surface area contributed by atoms with Gasteiger partial charge in [0.25, 0.3) is 0 Å². The first-order valence-electron chi connectivity index (χ1n) is 10.6. The minimum Gasteiger partial charge on any atom is -0.370 e. The van der Waals surface area contributed by atoms with Gasteiger partial charge in [-0.2, -0.15) is 5.26 Å². The molecule has 8 heteroatoms. The van der Waals surface area contributed by atoms with E-state index in [2.05, 4.69) is 21.6 Å². The maximum absolute atomic E-state index is 10.2. The fourth-order valence-corrected chi connectivity index (χ4v) is 5.04. The van der Waals surface area contributed by atoms with Crippen LogP contribution in [-0.2, 0) is 23.5 Å². The summed E-state index contributed by atoms with van der Waals surface area (Å²) in [6.07, 6.45) is 0.630. The number of benzene rings is 2. The molecule has 3 heterocycles. The summed E-state index contributed by atoms with van der Waals surface area (Å²) < 4.78 is 8.03. The summed E-state index contributed by atoms with van der Waals surface area (Å²) >= 11 is 7.59. The van der Waals surface area contributed by atoms with Gasteiger partial charge < -0.3 is 10.1 Å². The third kappa shape index (κ3) is 4.30. The van der Waals surface area contributed by atoms with E-state index in [1.807, 2.05) is 72.8 Å². The number of halogens is 1. The van der Waals surface area contributed by atoms with Crippen LogP contribution in [0.15, 0.2) is 59.8 Å². The Labute approximate surface area is 201 Å². The number of anilines is 2. The van der Waals surface area contributed by atoms with Gasteiger partial charge in [0.1, 0.15) is 11.9 Å². The highest BCUT2D eigenvalue weighted by atomic mass is 35.5. The fraction of sp³-hybridized carbons (Fsp3) is 0.240. The molecule has 5 rings (SSSR count). The summed E-state index contributed by atoms with van der Waals surface area (Å²) in [4.78, 5) is 0. The molecule has 0 atom stereocenters. The number of fused-ring (bicyclic) bond motifs is 3. The van der Waals surface area contributed by atoms with Gasteiger partial charge in [0, 0.05) is 28.4 Å². The van der Waals surface area contributed by atoms with Gasteiger partial charge in [-0.3, -0.25) is 4.40 Å². The third-order valence-corrected chi connectivity index (χ3v) is 6.92. The SMILES string of the molecule is CC1(C)Cc2c(C#N)c(Nc3ccccc3)n3c(SCc4ccc(Cl)cc4)nnc3c2CO1. The molecule has 0 aliphatic carbocycles. The molecule has 1 aliphatic heterocycles. The minimum absolute atomic E-state index is 0.354. The summed E-state index contributed by atoms with van der Waals surface area (Å²) in [6, 6.07) is 20.1. The second kappa shape index (κ2) is 8.71. The van der Waals surface area contributed by atoms with Crippen LogP contribution >= 0.6 is 23.4 Å². The standard InChI is InChI=1S/C25H22ClN5OS/c1-25(2)12-19-20(13-27)22(28-18-6-4-3-5-7-18)31-23(21(19)14-32-25)29-30-24(31)33-15-16-8-10-17(26)11-9-16/h3-11,28H,12,14-15H2,1-2H3. The van der Waals surface area contributed by atoms with Crippen LogP contribution in [0.4, 0.5) is 11.5 Å². The first-order valence-corrected chi connectivity index (χ1v) is 12.0. The lowest BCUT2D eigenvalue weighted by molar-refractivity contribution is -0.0397. The molecule has 1 aliphatic rings. The van der Waals surface area contributed by atoms with E-state index in [0.29, 0.717) is 40.3 Å². The molecule has 2 aromatic heterocycles. The first-order chi connectivity index (χ1) is 15.9. The molecule has 6 nitrogen and oxygen atoms in total. The Hall–Kier alpha value is -3.05. The number of ether oxygens (including phenoxy) is 1. The van der Waals surface area contributed by atoms with Crippen LogP contribution in [0.2, 0.25) is 5.02 Å². The van der Waals surface area contributed by atoms with Crippen molar-refractivity contribution < 1.29 is 4.74 Å². The van der Waals surface area contributed by atoms with Gasteiger partial charge >= 0.3 is 0 Å². The van der Waals surface area contributed by atoms with Crippen LogP contribution < -0.4 is 5.32 Å². The largest absolute Gasteiger partial charge is 0.370 e. The molecule has 0 amide bonds. The number of hydrogen-bond donors (Lipinski definition) is 1. The molecule has 0 saturated heterocycles. The summed E-state index contributed by atoms with van der Waals surface area (Å²) in [5, 5.41) is 24.1. The molecule has 0 spiro atoms. The Kier molecular flexibility index (Phi) is 5.75. The number of nitriles is 1. The highest BCUT2D eigenvalue weighted by Crippen LogP contribution is 2.38. The molecule has 2 aromatic carbocycles. The fourth-order valence-electron chi connectivity index (χ4n) is 4.02.